The summed E-state index contributed by atoms with van der Waals surface area (Å²) in [5.41, 5.74) is 4.90. The Bertz CT molecular complexity index is 1570. The quantitative estimate of drug-likeness (QED) is 0.328. The number of hydrogen-bond donors (Lipinski definition) is 1. The van der Waals surface area contributed by atoms with Gasteiger partial charge in [-0.15, -0.1) is 0 Å². The molecule has 10 heteroatoms. The third-order valence-corrected chi connectivity index (χ3v) is 8.52. The second-order valence-corrected chi connectivity index (χ2v) is 11.1. The van der Waals surface area contributed by atoms with Gasteiger partial charge in [-0.3, -0.25) is 9.97 Å². The molecule has 0 amide bonds. The van der Waals surface area contributed by atoms with E-state index in [0.717, 1.165) is 48.5 Å². The predicted molar refractivity (Wildman–Crippen MR) is 141 cm³/mol. The Morgan fingerprint density at radius 3 is 2.57 bits per heavy atom. The van der Waals surface area contributed by atoms with Gasteiger partial charge >= 0.3 is 5.97 Å². The van der Waals surface area contributed by atoms with Crippen molar-refractivity contribution in [1.29, 1.82) is 0 Å². The summed E-state index contributed by atoms with van der Waals surface area (Å²) in [7, 11) is 1.85. The molecule has 0 spiro atoms. The summed E-state index contributed by atoms with van der Waals surface area (Å²) in [5, 5.41) is 14.7. The number of carboxylic acid groups (broad SMARTS) is 1. The van der Waals surface area contributed by atoms with Gasteiger partial charge in [-0.25, -0.2) is 4.79 Å². The average molecular weight is 536 g/mol. The third kappa shape index (κ3) is 3.73. The summed E-state index contributed by atoms with van der Waals surface area (Å²) in [5.74, 6) is 1.96. The minimum Gasteiger partial charge on any atom is -0.478 e. The van der Waals surface area contributed by atoms with E-state index in [2.05, 4.69) is 32.2 Å². The molecule has 37 heavy (non-hydrogen) atoms. The van der Waals surface area contributed by atoms with Crippen molar-refractivity contribution < 1.29 is 14.4 Å². The summed E-state index contributed by atoms with van der Waals surface area (Å²) in [4.78, 5) is 22.4. The number of rotatable bonds is 6. The summed E-state index contributed by atoms with van der Waals surface area (Å²) in [6.45, 7) is 1.88. The summed E-state index contributed by atoms with van der Waals surface area (Å²) >= 11 is 12.9. The molecule has 2 atom stereocenters. The molecule has 7 rings (SSSR count). The van der Waals surface area contributed by atoms with Crippen molar-refractivity contribution in [3.8, 4) is 11.3 Å². The van der Waals surface area contributed by atoms with Gasteiger partial charge < -0.3 is 19.1 Å². The van der Waals surface area contributed by atoms with Crippen LogP contribution in [0.1, 0.15) is 40.4 Å². The normalized spacial score (nSPS) is 22.8. The van der Waals surface area contributed by atoms with E-state index in [1.54, 1.807) is 24.8 Å². The van der Waals surface area contributed by atoms with Crippen molar-refractivity contribution in [2.75, 3.05) is 18.0 Å². The van der Waals surface area contributed by atoms with Crippen molar-refractivity contribution in [3.63, 3.8) is 0 Å². The Hall–Kier alpha value is -3.36. The molecule has 1 saturated heterocycles. The number of aromatic carboxylic acids is 1. The highest BCUT2D eigenvalue weighted by molar-refractivity contribution is 6.39. The van der Waals surface area contributed by atoms with Crippen LogP contribution in [0.4, 0.5) is 5.69 Å². The molecule has 3 aliphatic rings. The molecule has 4 aromatic rings. The van der Waals surface area contributed by atoms with Gasteiger partial charge in [0, 0.05) is 55.8 Å². The van der Waals surface area contributed by atoms with Crippen molar-refractivity contribution in [2.24, 2.45) is 24.8 Å². The zero-order valence-electron chi connectivity index (χ0n) is 19.9. The van der Waals surface area contributed by atoms with E-state index in [4.69, 9.17) is 27.7 Å². The Kier molecular flexibility index (Phi) is 5.13. The number of piperidine rings is 1. The number of carboxylic acids is 1. The smallest absolute Gasteiger partial charge is 0.339 e. The number of pyridine rings is 2. The molecule has 0 radical (unpaired) electrons. The molecule has 1 aliphatic heterocycles. The van der Waals surface area contributed by atoms with E-state index in [1.807, 2.05) is 17.7 Å². The summed E-state index contributed by atoms with van der Waals surface area (Å²) in [6, 6.07) is 2.04. The number of halogens is 2. The Balaban J connectivity index is 1.11. The molecule has 0 bridgehead atoms. The number of fused-ring (bicyclic) bond motifs is 2. The molecular weight excluding hydrogens is 513 g/mol. The average Bonchev–Trinajstić information content (AvgIpc) is 3.68. The number of anilines is 1. The molecule has 2 saturated carbocycles. The molecule has 0 aromatic carbocycles. The van der Waals surface area contributed by atoms with Gasteiger partial charge in [-0.2, -0.15) is 0 Å². The van der Waals surface area contributed by atoms with Crippen LogP contribution in [0.15, 0.2) is 41.5 Å². The van der Waals surface area contributed by atoms with Gasteiger partial charge in [0.25, 0.3) is 0 Å². The standard InChI is InChI=1S/C27H23Cl2N5O3/c1-33-10-19(27(35)36)24-22(33)6-14(7-31-24)34-11-17-15(18(17)12-34)4-5-16-25(32-37-26(16)13-2-3-13)23-20(28)8-30-9-21(23)29/h4-10,13,15,17-18H,2-3,11-12H2,1H3,(H,35,36)/b5-4+. The van der Waals surface area contributed by atoms with Gasteiger partial charge in [-0.1, -0.05) is 40.5 Å². The number of nitrogens with zero attached hydrogens (tertiary/aromatic N) is 5. The second-order valence-electron chi connectivity index (χ2n) is 10.3. The van der Waals surface area contributed by atoms with Crippen LogP contribution in [0.25, 0.3) is 28.4 Å². The van der Waals surface area contributed by atoms with E-state index in [-0.39, 0.29) is 5.56 Å². The Morgan fingerprint density at radius 2 is 1.89 bits per heavy atom. The van der Waals surface area contributed by atoms with E-state index in [9.17, 15) is 9.90 Å². The SMILES string of the molecule is Cn1cc(C(=O)O)c2ncc(N3CC4C(/C=C/c5c(-c6c(Cl)cncc6Cl)noc5C5CC5)C4C3)cc21. The molecular formula is C27H23Cl2N5O3. The number of aryl methyl sites for hydroxylation is 1. The lowest BCUT2D eigenvalue weighted by Gasteiger charge is -2.21. The van der Waals surface area contributed by atoms with Crippen molar-refractivity contribution in [2.45, 2.75) is 18.8 Å². The fraction of sp³-hybridized carbons (Fsp3) is 0.333. The van der Waals surface area contributed by atoms with Crippen LogP contribution in [-0.4, -0.2) is 43.9 Å². The van der Waals surface area contributed by atoms with Crippen LogP contribution in [-0.2, 0) is 7.05 Å². The van der Waals surface area contributed by atoms with Gasteiger partial charge in [-0.05, 0) is 36.7 Å². The molecule has 1 N–H and O–H groups in total. The van der Waals surface area contributed by atoms with Crippen molar-refractivity contribution in [3.05, 3.63) is 63.9 Å². The maximum Gasteiger partial charge on any atom is 0.339 e. The fourth-order valence-corrected chi connectivity index (χ4v) is 6.32. The second kappa shape index (κ2) is 8.33. The van der Waals surface area contributed by atoms with Crippen molar-refractivity contribution in [1.82, 2.24) is 19.7 Å². The molecule has 188 valence electrons. The first-order chi connectivity index (χ1) is 17.9. The number of hydrogen-bond acceptors (Lipinski definition) is 6. The highest BCUT2D eigenvalue weighted by atomic mass is 35.5. The van der Waals surface area contributed by atoms with Crippen LogP contribution >= 0.6 is 23.2 Å². The monoisotopic (exact) mass is 535 g/mol. The lowest BCUT2D eigenvalue weighted by molar-refractivity contribution is 0.0698. The van der Waals surface area contributed by atoms with E-state index < -0.39 is 5.97 Å². The molecule has 4 aromatic heterocycles. The van der Waals surface area contributed by atoms with Crippen LogP contribution < -0.4 is 4.90 Å². The van der Waals surface area contributed by atoms with E-state index >= 15 is 0 Å². The zero-order valence-corrected chi connectivity index (χ0v) is 21.4. The highest BCUT2D eigenvalue weighted by Crippen LogP contribution is 2.54. The minimum absolute atomic E-state index is 0.228. The predicted octanol–water partition coefficient (Wildman–Crippen LogP) is 5.90. The molecule has 8 nitrogen and oxygen atoms in total. The number of allylic oxidation sites excluding steroid dienone is 1. The Labute approximate surface area is 222 Å². The lowest BCUT2D eigenvalue weighted by atomic mass is 10.0. The third-order valence-electron chi connectivity index (χ3n) is 7.95. The van der Waals surface area contributed by atoms with Crippen molar-refractivity contribution >= 4 is 52.0 Å². The van der Waals surface area contributed by atoms with Gasteiger partial charge in [0.05, 0.1) is 27.4 Å². The molecule has 2 unspecified atom stereocenters. The molecule has 3 fully saturated rings. The number of carbonyl (C=O) groups is 1. The van der Waals surface area contributed by atoms with Crippen LogP contribution in [0.5, 0.6) is 0 Å². The highest BCUT2D eigenvalue weighted by Gasteiger charge is 2.54. The molecule has 2 aliphatic carbocycles. The van der Waals surface area contributed by atoms with E-state index in [1.165, 1.54) is 0 Å². The first-order valence-electron chi connectivity index (χ1n) is 12.3. The summed E-state index contributed by atoms with van der Waals surface area (Å²) in [6.07, 6.45) is 13.2. The first kappa shape index (κ1) is 22.8. The first-order valence-corrected chi connectivity index (χ1v) is 13.1. The lowest BCUT2D eigenvalue weighted by Crippen LogP contribution is -2.23. The van der Waals surface area contributed by atoms with Crippen LogP contribution in [0.2, 0.25) is 10.0 Å². The van der Waals surface area contributed by atoms with E-state index in [0.29, 0.717) is 50.5 Å². The Morgan fingerprint density at radius 1 is 1.16 bits per heavy atom. The maximum atomic E-state index is 11.5. The molecule has 5 heterocycles. The van der Waals surface area contributed by atoms with Crippen LogP contribution in [0, 0.1) is 17.8 Å². The maximum absolute atomic E-state index is 11.5. The minimum atomic E-state index is -0.961. The topological polar surface area (TPSA) is 97.3 Å². The fourth-order valence-electron chi connectivity index (χ4n) is 5.78. The van der Waals surface area contributed by atoms with Gasteiger partial charge in [0.1, 0.15) is 22.5 Å². The van der Waals surface area contributed by atoms with Crippen LogP contribution in [0.3, 0.4) is 0 Å². The van der Waals surface area contributed by atoms with Gasteiger partial charge in [0.2, 0.25) is 0 Å². The van der Waals surface area contributed by atoms with Gasteiger partial charge in [0.15, 0.2) is 0 Å². The largest absolute Gasteiger partial charge is 0.478 e. The summed E-state index contributed by atoms with van der Waals surface area (Å²) < 4.78 is 7.60. The zero-order chi connectivity index (χ0) is 25.4. The number of aromatic nitrogens is 4.